The molecule has 1 fully saturated rings. The third-order valence-electron chi connectivity index (χ3n) is 3.45. The second kappa shape index (κ2) is 5.38. The van der Waals surface area contributed by atoms with Gasteiger partial charge in [-0.25, -0.2) is 4.98 Å². The molecule has 1 aromatic heterocycles. The average molecular weight is 247 g/mol. The Kier molecular flexibility index (Phi) is 3.84. The first-order valence-electron chi connectivity index (χ1n) is 6.51. The van der Waals surface area contributed by atoms with E-state index in [1.165, 1.54) is 6.42 Å². The molecule has 0 bridgehead atoms. The second-order valence-electron chi connectivity index (χ2n) is 5.45. The van der Waals surface area contributed by atoms with Crippen molar-refractivity contribution < 1.29 is 4.74 Å². The van der Waals surface area contributed by atoms with Crippen LogP contribution >= 0.6 is 0 Å². The predicted octanol–water partition coefficient (Wildman–Crippen LogP) is 2.57. The highest BCUT2D eigenvalue weighted by Gasteiger charge is 2.25. The zero-order valence-electron chi connectivity index (χ0n) is 11.0. The first-order valence-corrected chi connectivity index (χ1v) is 6.51. The van der Waals surface area contributed by atoms with E-state index in [1.807, 2.05) is 6.07 Å². The molecule has 0 amide bonds. The average Bonchev–Trinajstić information content (AvgIpc) is 2.28. The number of aromatic nitrogens is 1. The lowest BCUT2D eigenvalue weighted by Gasteiger charge is -2.31. The Hall–Kier alpha value is -1.58. The highest BCUT2D eigenvalue weighted by molar-refractivity contribution is 5.92. The van der Waals surface area contributed by atoms with Gasteiger partial charge < -0.3 is 10.5 Å². The SMILES string of the molecule is CC1CC(C)CC(Oc2ccc(C(=N)N)nc2)C1. The first-order chi connectivity index (χ1) is 8.54. The number of hydrogen-bond acceptors (Lipinski definition) is 3. The van der Waals surface area contributed by atoms with Crippen LogP contribution in [-0.2, 0) is 0 Å². The molecule has 3 N–H and O–H groups in total. The lowest BCUT2D eigenvalue weighted by molar-refractivity contribution is 0.101. The normalized spacial score (nSPS) is 27.8. The van der Waals surface area contributed by atoms with Crippen LogP contribution in [0.1, 0.15) is 38.8 Å². The van der Waals surface area contributed by atoms with Gasteiger partial charge in [0.15, 0.2) is 0 Å². The van der Waals surface area contributed by atoms with Crippen molar-refractivity contribution in [1.82, 2.24) is 4.98 Å². The summed E-state index contributed by atoms with van der Waals surface area (Å²) in [7, 11) is 0. The van der Waals surface area contributed by atoms with E-state index in [1.54, 1.807) is 12.3 Å². The van der Waals surface area contributed by atoms with Gasteiger partial charge in [-0.15, -0.1) is 0 Å². The molecule has 0 spiro atoms. The van der Waals surface area contributed by atoms with Gasteiger partial charge in [0.2, 0.25) is 0 Å². The molecule has 18 heavy (non-hydrogen) atoms. The summed E-state index contributed by atoms with van der Waals surface area (Å²) in [5, 5.41) is 7.29. The van der Waals surface area contributed by atoms with Crippen LogP contribution in [0.3, 0.4) is 0 Å². The van der Waals surface area contributed by atoms with Crippen molar-refractivity contribution in [2.24, 2.45) is 17.6 Å². The van der Waals surface area contributed by atoms with E-state index in [-0.39, 0.29) is 11.9 Å². The summed E-state index contributed by atoms with van der Waals surface area (Å²) in [5.41, 5.74) is 5.86. The van der Waals surface area contributed by atoms with Crippen molar-refractivity contribution >= 4 is 5.84 Å². The van der Waals surface area contributed by atoms with Crippen LogP contribution in [0.4, 0.5) is 0 Å². The Bertz CT molecular complexity index is 406. The highest BCUT2D eigenvalue weighted by atomic mass is 16.5. The monoisotopic (exact) mass is 247 g/mol. The number of amidine groups is 1. The minimum atomic E-state index is -0.0125. The minimum Gasteiger partial charge on any atom is -0.489 e. The molecule has 98 valence electrons. The fourth-order valence-electron chi connectivity index (χ4n) is 2.77. The maximum absolute atomic E-state index is 7.29. The highest BCUT2D eigenvalue weighted by Crippen LogP contribution is 2.31. The van der Waals surface area contributed by atoms with Gasteiger partial charge in [0.25, 0.3) is 0 Å². The zero-order valence-corrected chi connectivity index (χ0v) is 11.0. The van der Waals surface area contributed by atoms with E-state index >= 15 is 0 Å². The van der Waals surface area contributed by atoms with Crippen LogP contribution in [0.15, 0.2) is 18.3 Å². The molecular formula is C14H21N3O. The van der Waals surface area contributed by atoms with Gasteiger partial charge >= 0.3 is 0 Å². The summed E-state index contributed by atoms with van der Waals surface area (Å²) < 4.78 is 5.96. The molecule has 0 radical (unpaired) electrons. The number of pyridine rings is 1. The number of nitrogens with two attached hydrogens (primary N) is 1. The summed E-state index contributed by atoms with van der Waals surface area (Å²) in [6.07, 6.45) is 5.45. The van der Waals surface area contributed by atoms with Crippen molar-refractivity contribution in [2.75, 3.05) is 0 Å². The van der Waals surface area contributed by atoms with Gasteiger partial charge in [-0.1, -0.05) is 13.8 Å². The summed E-state index contributed by atoms with van der Waals surface area (Å²) in [5.74, 6) is 2.21. The molecule has 4 nitrogen and oxygen atoms in total. The lowest BCUT2D eigenvalue weighted by atomic mass is 9.82. The maximum Gasteiger partial charge on any atom is 0.141 e. The van der Waals surface area contributed by atoms with Crippen LogP contribution in [0.25, 0.3) is 0 Å². The zero-order chi connectivity index (χ0) is 13.1. The van der Waals surface area contributed by atoms with Crippen LogP contribution < -0.4 is 10.5 Å². The number of nitrogen functional groups attached to an aromatic ring is 1. The first kappa shape index (κ1) is 12.9. The smallest absolute Gasteiger partial charge is 0.141 e. The Morgan fingerprint density at radius 1 is 1.28 bits per heavy atom. The fraction of sp³-hybridized carbons (Fsp3) is 0.571. The van der Waals surface area contributed by atoms with Crippen LogP contribution in [-0.4, -0.2) is 16.9 Å². The van der Waals surface area contributed by atoms with Gasteiger partial charge in [-0.3, -0.25) is 5.41 Å². The third kappa shape index (κ3) is 3.22. The summed E-state index contributed by atoms with van der Waals surface area (Å²) in [4.78, 5) is 4.11. The molecule has 4 heteroatoms. The van der Waals surface area contributed by atoms with E-state index in [0.29, 0.717) is 5.69 Å². The van der Waals surface area contributed by atoms with E-state index in [9.17, 15) is 0 Å². The molecule has 0 saturated heterocycles. The lowest BCUT2D eigenvalue weighted by Crippen LogP contribution is -2.28. The number of rotatable bonds is 3. The Morgan fingerprint density at radius 3 is 2.44 bits per heavy atom. The van der Waals surface area contributed by atoms with E-state index < -0.39 is 0 Å². The largest absolute Gasteiger partial charge is 0.489 e. The molecule has 0 aromatic carbocycles. The third-order valence-corrected chi connectivity index (χ3v) is 3.45. The minimum absolute atomic E-state index is 0.0125. The summed E-state index contributed by atoms with van der Waals surface area (Å²) in [6.45, 7) is 4.56. The van der Waals surface area contributed by atoms with E-state index in [0.717, 1.165) is 30.4 Å². The molecule has 2 atom stereocenters. The van der Waals surface area contributed by atoms with Crippen molar-refractivity contribution in [3.05, 3.63) is 24.0 Å². The van der Waals surface area contributed by atoms with Crippen LogP contribution in [0, 0.1) is 17.2 Å². The van der Waals surface area contributed by atoms with Gasteiger partial charge in [0.05, 0.1) is 12.3 Å². The predicted molar refractivity (Wildman–Crippen MR) is 71.8 cm³/mol. The van der Waals surface area contributed by atoms with E-state index in [4.69, 9.17) is 15.9 Å². The number of ether oxygens (including phenoxy) is 1. The van der Waals surface area contributed by atoms with Crippen molar-refractivity contribution in [1.29, 1.82) is 5.41 Å². The van der Waals surface area contributed by atoms with Crippen LogP contribution in [0.5, 0.6) is 5.75 Å². The van der Waals surface area contributed by atoms with Gasteiger partial charge in [-0.05, 0) is 43.2 Å². The number of hydrogen-bond donors (Lipinski definition) is 2. The molecule has 1 heterocycles. The van der Waals surface area contributed by atoms with Gasteiger partial charge in [0.1, 0.15) is 17.3 Å². The summed E-state index contributed by atoms with van der Waals surface area (Å²) in [6, 6.07) is 3.57. The van der Waals surface area contributed by atoms with Crippen LogP contribution in [0.2, 0.25) is 0 Å². The molecule has 2 rings (SSSR count). The Labute approximate surface area is 108 Å². The standard InChI is InChI=1S/C14H21N3O/c1-9-5-10(2)7-12(6-9)18-11-3-4-13(14(15)16)17-8-11/h3-4,8-10,12H,5-7H2,1-2H3,(H3,15,16). The van der Waals surface area contributed by atoms with E-state index in [2.05, 4.69) is 18.8 Å². The topological polar surface area (TPSA) is 72.0 Å². The van der Waals surface area contributed by atoms with Gasteiger partial charge in [-0.2, -0.15) is 0 Å². The van der Waals surface area contributed by atoms with Crippen molar-refractivity contribution in [2.45, 2.75) is 39.2 Å². The molecule has 1 aliphatic carbocycles. The Morgan fingerprint density at radius 2 is 1.94 bits per heavy atom. The molecule has 0 aliphatic heterocycles. The Balaban J connectivity index is 1.98. The maximum atomic E-state index is 7.29. The summed E-state index contributed by atoms with van der Waals surface area (Å²) >= 11 is 0. The van der Waals surface area contributed by atoms with Crippen molar-refractivity contribution in [3.63, 3.8) is 0 Å². The molecule has 2 unspecified atom stereocenters. The fourth-order valence-corrected chi connectivity index (χ4v) is 2.77. The number of nitrogens with zero attached hydrogens (tertiary/aromatic N) is 1. The second-order valence-corrected chi connectivity index (χ2v) is 5.45. The molecular weight excluding hydrogens is 226 g/mol. The van der Waals surface area contributed by atoms with Gasteiger partial charge in [0, 0.05) is 0 Å². The molecule has 1 aliphatic rings. The molecule has 1 saturated carbocycles. The van der Waals surface area contributed by atoms with Crippen molar-refractivity contribution in [3.8, 4) is 5.75 Å². The molecule has 1 aromatic rings. The quantitative estimate of drug-likeness (QED) is 0.637. The number of nitrogens with one attached hydrogen (secondary N) is 1.